The van der Waals surface area contributed by atoms with Gasteiger partial charge in [0, 0.05) is 18.0 Å². The third-order valence-corrected chi connectivity index (χ3v) is 4.21. The largest absolute Gasteiger partial charge is 0.478 e. The Balaban J connectivity index is 1.86. The van der Waals surface area contributed by atoms with Gasteiger partial charge < -0.3 is 10.0 Å². The highest BCUT2D eigenvalue weighted by Crippen LogP contribution is 2.14. The number of likely N-dealkylation sites (N-methyl/N-ethyl adjacent to an activating group) is 1. The lowest BCUT2D eigenvalue weighted by molar-refractivity contribution is 0.0697. The molecule has 0 radical (unpaired) electrons. The molecule has 0 amide bonds. The number of rotatable bonds is 6. The molecule has 0 bridgehead atoms. The van der Waals surface area contributed by atoms with Gasteiger partial charge in [0.05, 0.1) is 16.8 Å². The summed E-state index contributed by atoms with van der Waals surface area (Å²) < 4.78 is 0. The summed E-state index contributed by atoms with van der Waals surface area (Å²) >= 11 is 1.70. The van der Waals surface area contributed by atoms with Crippen molar-refractivity contribution in [1.29, 1.82) is 0 Å². The van der Waals surface area contributed by atoms with Gasteiger partial charge in [0.2, 0.25) is 0 Å². The molecule has 0 fully saturated rings. The van der Waals surface area contributed by atoms with Crippen LogP contribution >= 0.6 is 11.3 Å². The highest BCUT2D eigenvalue weighted by molar-refractivity contribution is 7.09. The first-order valence-corrected chi connectivity index (χ1v) is 7.34. The molecule has 0 saturated heterocycles. The lowest BCUT2D eigenvalue weighted by atomic mass is 10.1. The third kappa shape index (κ3) is 3.88. The Bertz CT molecular complexity index is 578. The molecule has 0 aliphatic carbocycles. The highest BCUT2D eigenvalue weighted by Gasteiger charge is 2.06. The number of carboxylic acids is 1. The van der Waals surface area contributed by atoms with Crippen LogP contribution < -0.4 is 0 Å². The van der Waals surface area contributed by atoms with Gasteiger partial charge in [0.25, 0.3) is 0 Å². The Morgan fingerprint density at radius 1 is 1.35 bits per heavy atom. The normalized spacial score (nSPS) is 10.9. The van der Waals surface area contributed by atoms with Crippen molar-refractivity contribution in [3.05, 3.63) is 51.5 Å². The lowest BCUT2D eigenvalue weighted by Crippen LogP contribution is -2.20. The van der Waals surface area contributed by atoms with Crippen molar-refractivity contribution in [2.45, 2.75) is 19.9 Å². The first kappa shape index (κ1) is 14.7. The molecule has 106 valence electrons. The summed E-state index contributed by atoms with van der Waals surface area (Å²) in [4.78, 5) is 18.6. The number of hydrogen-bond acceptors (Lipinski definition) is 4. The molecule has 1 aromatic carbocycles. The quantitative estimate of drug-likeness (QED) is 0.889. The van der Waals surface area contributed by atoms with E-state index in [1.54, 1.807) is 23.5 Å². The fourth-order valence-electron chi connectivity index (χ4n) is 2.00. The fourth-order valence-corrected chi connectivity index (χ4v) is 2.77. The number of carboxylic acid groups (broad SMARTS) is 1. The minimum absolute atomic E-state index is 0.330. The van der Waals surface area contributed by atoms with E-state index in [9.17, 15) is 4.79 Å². The summed E-state index contributed by atoms with van der Waals surface area (Å²) in [5, 5.41) is 8.86. The molecule has 0 unspecified atom stereocenters. The molecular weight excluding hydrogens is 272 g/mol. The van der Waals surface area contributed by atoms with Crippen molar-refractivity contribution < 1.29 is 9.90 Å². The molecule has 5 heteroatoms. The summed E-state index contributed by atoms with van der Waals surface area (Å²) in [6, 6.07) is 7.05. The van der Waals surface area contributed by atoms with Gasteiger partial charge in [-0.05, 0) is 38.1 Å². The number of nitrogens with zero attached hydrogens (tertiary/aromatic N) is 2. The Labute approximate surface area is 122 Å². The van der Waals surface area contributed by atoms with Gasteiger partial charge in [-0.25, -0.2) is 9.78 Å². The van der Waals surface area contributed by atoms with Crippen LogP contribution in [0.3, 0.4) is 0 Å². The van der Waals surface area contributed by atoms with Gasteiger partial charge in [0.1, 0.15) is 0 Å². The van der Waals surface area contributed by atoms with Crippen LogP contribution in [-0.2, 0) is 13.0 Å². The zero-order valence-electron chi connectivity index (χ0n) is 11.7. The van der Waals surface area contributed by atoms with E-state index in [1.807, 2.05) is 24.6 Å². The third-order valence-electron chi connectivity index (χ3n) is 3.22. The number of aromatic carboxylic acids is 1. The van der Waals surface area contributed by atoms with E-state index >= 15 is 0 Å². The maximum atomic E-state index is 10.8. The molecule has 0 aliphatic rings. The standard InChI is InChI=1S/C15H18N2O2S/c1-11-14(20-10-16-11)7-8-17(2)9-12-3-5-13(6-4-12)15(18)19/h3-6,10H,7-9H2,1-2H3,(H,18,19). The predicted octanol–water partition coefficient (Wildman–Crippen LogP) is 2.82. The van der Waals surface area contributed by atoms with Crippen molar-refractivity contribution >= 4 is 17.3 Å². The maximum absolute atomic E-state index is 10.8. The fraction of sp³-hybridized carbons (Fsp3) is 0.333. The Kier molecular flexibility index (Phi) is 4.87. The first-order chi connectivity index (χ1) is 9.56. The summed E-state index contributed by atoms with van der Waals surface area (Å²) in [5.74, 6) is -0.884. The average molecular weight is 290 g/mol. The molecule has 2 aromatic rings. The van der Waals surface area contributed by atoms with Crippen molar-refractivity contribution in [2.24, 2.45) is 0 Å². The molecular formula is C15H18N2O2S. The Hall–Kier alpha value is -1.72. The van der Waals surface area contributed by atoms with E-state index < -0.39 is 5.97 Å². The molecule has 1 N–H and O–H groups in total. The van der Waals surface area contributed by atoms with E-state index in [4.69, 9.17) is 5.11 Å². The zero-order chi connectivity index (χ0) is 14.5. The molecule has 0 spiro atoms. The maximum Gasteiger partial charge on any atom is 0.335 e. The second-order valence-corrected chi connectivity index (χ2v) is 5.79. The Morgan fingerprint density at radius 3 is 2.60 bits per heavy atom. The van der Waals surface area contributed by atoms with Gasteiger partial charge in [-0.2, -0.15) is 0 Å². The van der Waals surface area contributed by atoms with Crippen molar-refractivity contribution in [3.63, 3.8) is 0 Å². The van der Waals surface area contributed by atoms with Crippen LogP contribution in [0.15, 0.2) is 29.8 Å². The Morgan fingerprint density at radius 2 is 2.05 bits per heavy atom. The lowest BCUT2D eigenvalue weighted by Gasteiger charge is -2.16. The second-order valence-electron chi connectivity index (χ2n) is 4.85. The zero-order valence-corrected chi connectivity index (χ0v) is 12.5. The van der Waals surface area contributed by atoms with Crippen molar-refractivity contribution in [2.75, 3.05) is 13.6 Å². The van der Waals surface area contributed by atoms with Gasteiger partial charge in [-0.15, -0.1) is 11.3 Å². The summed E-state index contributed by atoms with van der Waals surface area (Å²) in [7, 11) is 2.07. The van der Waals surface area contributed by atoms with Gasteiger partial charge in [-0.3, -0.25) is 0 Å². The number of thiazole rings is 1. The molecule has 0 saturated carbocycles. The van der Waals surface area contributed by atoms with Gasteiger partial charge in [0.15, 0.2) is 0 Å². The van der Waals surface area contributed by atoms with E-state index in [-0.39, 0.29) is 0 Å². The number of hydrogen-bond donors (Lipinski definition) is 1. The van der Waals surface area contributed by atoms with Crippen LogP contribution in [0.2, 0.25) is 0 Å². The average Bonchev–Trinajstić information content (AvgIpc) is 2.82. The SMILES string of the molecule is Cc1ncsc1CCN(C)Cc1ccc(C(=O)O)cc1. The van der Waals surface area contributed by atoms with E-state index in [0.29, 0.717) is 5.56 Å². The summed E-state index contributed by atoms with van der Waals surface area (Å²) in [6.45, 7) is 3.82. The summed E-state index contributed by atoms with van der Waals surface area (Å²) in [5.41, 5.74) is 4.46. The minimum Gasteiger partial charge on any atom is -0.478 e. The molecule has 1 heterocycles. The molecule has 20 heavy (non-hydrogen) atoms. The van der Waals surface area contributed by atoms with Crippen LogP contribution in [0.25, 0.3) is 0 Å². The smallest absolute Gasteiger partial charge is 0.335 e. The van der Waals surface area contributed by atoms with Gasteiger partial charge >= 0.3 is 5.97 Å². The monoisotopic (exact) mass is 290 g/mol. The van der Waals surface area contributed by atoms with Crippen LogP contribution in [0.5, 0.6) is 0 Å². The van der Waals surface area contributed by atoms with Crippen LogP contribution in [-0.4, -0.2) is 34.6 Å². The number of aromatic nitrogens is 1. The highest BCUT2D eigenvalue weighted by atomic mass is 32.1. The molecule has 2 rings (SSSR count). The predicted molar refractivity (Wildman–Crippen MR) is 80.3 cm³/mol. The minimum atomic E-state index is -0.884. The van der Waals surface area contributed by atoms with Crippen LogP contribution in [0, 0.1) is 6.92 Å². The van der Waals surface area contributed by atoms with E-state index in [1.165, 1.54) is 4.88 Å². The van der Waals surface area contributed by atoms with Crippen LogP contribution in [0.4, 0.5) is 0 Å². The molecule has 4 nitrogen and oxygen atoms in total. The molecule has 0 atom stereocenters. The first-order valence-electron chi connectivity index (χ1n) is 6.46. The summed E-state index contributed by atoms with van der Waals surface area (Å²) in [6.07, 6.45) is 1.00. The second kappa shape index (κ2) is 6.63. The molecule has 1 aromatic heterocycles. The topological polar surface area (TPSA) is 53.4 Å². The van der Waals surface area contributed by atoms with E-state index in [2.05, 4.69) is 16.9 Å². The van der Waals surface area contributed by atoms with Gasteiger partial charge in [-0.1, -0.05) is 12.1 Å². The van der Waals surface area contributed by atoms with Crippen molar-refractivity contribution in [1.82, 2.24) is 9.88 Å². The van der Waals surface area contributed by atoms with Crippen LogP contribution in [0.1, 0.15) is 26.5 Å². The number of benzene rings is 1. The van der Waals surface area contributed by atoms with E-state index in [0.717, 1.165) is 30.8 Å². The number of carbonyl (C=O) groups is 1. The van der Waals surface area contributed by atoms with Crippen molar-refractivity contribution in [3.8, 4) is 0 Å². The number of aryl methyl sites for hydroxylation is 1. The molecule has 0 aliphatic heterocycles.